The molecule has 0 atom stereocenters. The van der Waals surface area contributed by atoms with E-state index >= 15 is 0 Å². The average Bonchev–Trinajstić information content (AvgIpc) is 2.58. The number of Topliss-reactive ketones (excluding diaryl/α,β-unsaturated/α-hetero) is 1. The van der Waals surface area contributed by atoms with E-state index in [2.05, 4.69) is 12.1 Å². The predicted octanol–water partition coefficient (Wildman–Crippen LogP) is 5.57. The number of carbonyl (C=O) groups is 1. The van der Waals surface area contributed by atoms with Gasteiger partial charge in [-0.3, -0.25) is 4.79 Å². The number of rotatable bonds is 5. The summed E-state index contributed by atoms with van der Waals surface area (Å²) in [4.78, 5) is 14.8. The van der Waals surface area contributed by atoms with Crippen LogP contribution in [0.2, 0.25) is 0 Å². The zero-order valence-electron chi connectivity index (χ0n) is 13.0. The Morgan fingerprint density at radius 1 is 0.783 bits per heavy atom. The van der Waals surface area contributed by atoms with E-state index in [4.69, 9.17) is 0 Å². The molecule has 0 aliphatic rings. The monoisotopic (exact) mass is 318 g/mol. The van der Waals surface area contributed by atoms with E-state index < -0.39 is 0 Å². The second-order valence-corrected chi connectivity index (χ2v) is 6.61. The highest BCUT2D eigenvalue weighted by Crippen LogP contribution is 2.27. The van der Waals surface area contributed by atoms with E-state index in [-0.39, 0.29) is 5.78 Å². The van der Waals surface area contributed by atoms with Gasteiger partial charge < -0.3 is 0 Å². The van der Waals surface area contributed by atoms with Gasteiger partial charge in [0.25, 0.3) is 0 Å². The van der Waals surface area contributed by atoms with Gasteiger partial charge in [-0.25, -0.2) is 0 Å². The third-order valence-corrected chi connectivity index (χ3v) is 4.78. The van der Waals surface area contributed by atoms with E-state index in [0.29, 0.717) is 6.42 Å². The largest absolute Gasteiger partial charge is 0.294 e. The van der Waals surface area contributed by atoms with E-state index in [1.807, 2.05) is 73.7 Å². The second kappa shape index (κ2) is 7.30. The summed E-state index contributed by atoms with van der Waals surface area (Å²) in [7, 11) is 0. The molecule has 0 amide bonds. The first-order chi connectivity index (χ1) is 11.2. The van der Waals surface area contributed by atoms with Gasteiger partial charge in [-0.2, -0.15) is 0 Å². The SMILES string of the molecule is Cc1ccccc1CC(=O)c1ccc(Sc2ccccc2)cc1. The molecule has 0 bridgehead atoms. The Hall–Kier alpha value is -2.32. The molecule has 0 saturated carbocycles. The van der Waals surface area contributed by atoms with Gasteiger partial charge in [-0.05, 0) is 42.3 Å². The number of hydrogen-bond donors (Lipinski definition) is 0. The van der Waals surface area contributed by atoms with E-state index in [9.17, 15) is 4.79 Å². The smallest absolute Gasteiger partial charge is 0.167 e. The van der Waals surface area contributed by atoms with Crippen molar-refractivity contribution in [2.75, 3.05) is 0 Å². The molecule has 0 saturated heterocycles. The Morgan fingerprint density at radius 3 is 2.09 bits per heavy atom. The number of benzene rings is 3. The maximum absolute atomic E-state index is 12.4. The highest BCUT2D eigenvalue weighted by Gasteiger charge is 2.09. The van der Waals surface area contributed by atoms with Crippen molar-refractivity contribution in [3.05, 3.63) is 95.6 Å². The summed E-state index contributed by atoms with van der Waals surface area (Å²) in [6.45, 7) is 2.04. The van der Waals surface area contributed by atoms with Gasteiger partial charge in [0.15, 0.2) is 5.78 Å². The minimum Gasteiger partial charge on any atom is -0.294 e. The molecule has 0 aromatic heterocycles. The van der Waals surface area contributed by atoms with E-state index in [0.717, 1.165) is 21.6 Å². The minimum atomic E-state index is 0.163. The standard InChI is InChI=1S/C21H18OS/c1-16-7-5-6-8-18(16)15-21(22)17-11-13-20(14-12-17)23-19-9-3-2-4-10-19/h2-14H,15H2,1H3. The van der Waals surface area contributed by atoms with E-state index in [1.54, 1.807) is 11.8 Å². The van der Waals surface area contributed by atoms with Crippen molar-refractivity contribution in [2.24, 2.45) is 0 Å². The molecule has 0 aliphatic carbocycles. The quantitative estimate of drug-likeness (QED) is 0.572. The molecule has 3 aromatic rings. The van der Waals surface area contributed by atoms with Gasteiger partial charge >= 0.3 is 0 Å². The molecule has 0 fully saturated rings. The third-order valence-electron chi connectivity index (χ3n) is 3.77. The zero-order chi connectivity index (χ0) is 16.1. The number of aryl methyl sites for hydroxylation is 1. The topological polar surface area (TPSA) is 17.1 Å². The average molecular weight is 318 g/mol. The molecule has 114 valence electrons. The maximum Gasteiger partial charge on any atom is 0.167 e. The lowest BCUT2D eigenvalue weighted by molar-refractivity contribution is 0.0992. The Labute approximate surface area is 141 Å². The fourth-order valence-electron chi connectivity index (χ4n) is 2.42. The van der Waals surface area contributed by atoms with Gasteiger partial charge in [0.05, 0.1) is 0 Å². The molecule has 2 heteroatoms. The summed E-state index contributed by atoms with van der Waals surface area (Å²) in [5, 5.41) is 0. The fraction of sp³-hybridized carbons (Fsp3) is 0.0952. The molecule has 0 aliphatic heterocycles. The van der Waals surface area contributed by atoms with Crippen molar-refractivity contribution in [1.29, 1.82) is 0 Å². The van der Waals surface area contributed by atoms with Crippen molar-refractivity contribution < 1.29 is 4.79 Å². The van der Waals surface area contributed by atoms with Crippen LogP contribution in [0.25, 0.3) is 0 Å². The van der Waals surface area contributed by atoms with Crippen molar-refractivity contribution in [2.45, 2.75) is 23.1 Å². The summed E-state index contributed by atoms with van der Waals surface area (Å²) >= 11 is 1.70. The molecular formula is C21H18OS. The molecule has 0 heterocycles. The van der Waals surface area contributed by atoms with Crippen LogP contribution in [0.5, 0.6) is 0 Å². The van der Waals surface area contributed by atoms with Gasteiger partial charge in [0.2, 0.25) is 0 Å². The molecule has 3 aromatic carbocycles. The van der Waals surface area contributed by atoms with Crippen molar-refractivity contribution in [3.8, 4) is 0 Å². The predicted molar refractivity (Wildman–Crippen MR) is 96.2 cm³/mol. The van der Waals surface area contributed by atoms with Crippen LogP contribution in [-0.4, -0.2) is 5.78 Å². The Morgan fingerprint density at radius 2 is 1.39 bits per heavy atom. The normalized spacial score (nSPS) is 10.5. The Bertz CT molecular complexity index is 792. The van der Waals surface area contributed by atoms with Crippen LogP contribution in [0, 0.1) is 6.92 Å². The number of hydrogen-bond acceptors (Lipinski definition) is 2. The number of carbonyl (C=O) groups excluding carboxylic acids is 1. The van der Waals surface area contributed by atoms with Gasteiger partial charge in [-0.15, -0.1) is 0 Å². The number of ketones is 1. The molecule has 0 unspecified atom stereocenters. The first kappa shape index (κ1) is 15.6. The highest BCUT2D eigenvalue weighted by molar-refractivity contribution is 7.99. The summed E-state index contributed by atoms with van der Waals surface area (Å²) in [6.07, 6.45) is 0.456. The van der Waals surface area contributed by atoms with Crippen LogP contribution in [0.4, 0.5) is 0 Å². The molecule has 1 nitrogen and oxygen atoms in total. The molecule has 0 N–H and O–H groups in total. The van der Waals surface area contributed by atoms with Gasteiger partial charge in [-0.1, -0.05) is 66.4 Å². The van der Waals surface area contributed by atoms with Crippen LogP contribution in [0.3, 0.4) is 0 Å². The summed E-state index contributed by atoms with van der Waals surface area (Å²) in [5.41, 5.74) is 3.03. The summed E-state index contributed by atoms with van der Waals surface area (Å²) < 4.78 is 0. The lowest BCUT2D eigenvalue weighted by Gasteiger charge is -2.06. The Balaban J connectivity index is 1.69. The van der Waals surface area contributed by atoms with Gasteiger partial charge in [0.1, 0.15) is 0 Å². The third kappa shape index (κ3) is 4.11. The molecule has 3 rings (SSSR count). The Kier molecular flexibility index (Phi) is 4.94. The van der Waals surface area contributed by atoms with Crippen LogP contribution in [0.15, 0.2) is 88.7 Å². The maximum atomic E-state index is 12.4. The lowest BCUT2D eigenvalue weighted by Crippen LogP contribution is -2.04. The van der Waals surface area contributed by atoms with Crippen LogP contribution < -0.4 is 0 Å². The van der Waals surface area contributed by atoms with Crippen molar-refractivity contribution in [1.82, 2.24) is 0 Å². The minimum absolute atomic E-state index is 0.163. The molecule has 0 spiro atoms. The van der Waals surface area contributed by atoms with Gasteiger partial charge in [0, 0.05) is 21.8 Å². The van der Waals surface area contributed by atoms with Crippen LogP contribution in [-0.2, 0) is 6.42 Å². The van der Waals surface area contributed by atoms with Crippen LogP contribution in [0.1, 0.15) is 21.5 Å². The molecule has 0 radical (unpaired) electrons. The first-order valence-corrected chi connectivity index (χ1v) is 8.45. The zero-order valence-corrected chi connectivity index (χ0v) is 13.8. The highest BCUT2D eigenvalue weighted by atomic mass is 32.2. The molecule has 23 heavy (non-hydrogen) atoms. The fourth-order valence-corrected chi connectivity index (χ4v) is 3.25. The van der Waals surface area contributed by atoms with E-state index in [1.165, 1.54) is 4.90 Å². The first-order valence-electron chi connectivity index (χ1n) is 7.63. The van der Waals surface area contributed by atoms with Crippen LogP contribution >= 0.6 is 11.8 Å². The second-order valence-electron chi connectivity index (χ2n) is 5.47. The summed E-state index contributed by atoms with van der Waals surface area (Å²) in [6, 6.07) is 26.2. The van der Waals surface area contributed by atoms with Crippen molar-refractivity contribution >= 4 is 17.5 Å². The summed E-state index contributed by atoms with van der Waals surface area (Å²) in [5.74, 6) is 0.163. The molecular weight excluding hydrogens is 300 g/mol. The lowest BCUT2D eigenvalue weighted by atomic mass is 10.00. The van der Waals surface area contributed by atoms with Crippen molar-refractivity contribution in [3.63, 3.8) is 0 Å².